The maximum atomic E-state index is 13.0. The molecule has 1 aromatic rings. The van der Waals surface area contributed by atoms with Crippen LogP contribution in [0.5, 0.6) is 0 Å². The second-order valence-corrected chi connectivity index (χ2v) is 4.47. The number of benzene rings is 1. The molecule has 0 fully saturated rings. The van der Waals surface area contributed by atoms with Gasteiger partial charge in [0, 0.05) is 6.04 Å². The molecular formula is C14H18FN. The molecule has 0 aromatic heterocycles. The Labute approximate surface area is 96.2 Å². The first-order chi connectivity index (χ1) is 7.75. The average Bonchev–Trinajstić information content (AvgIpc) is 2.30. The molecule has 0 aliphatic heterocycles. The van der Waals surface area contributed by atoms with Gasteiger partial charge in [-0.25, -0.2) is 4.39 Å². The molecule has 0 saturated heterocycles. The summed E-state index contributed by atoms with van der Waals surface area (Å²) in [5, 5.41) is 0. The standard InChI is InChI=1S/C14H18FN/c15-13-8-4-7-12(10-13)14(16)9-11-5-2-1-3-6-11/h4-5,7-8,10,14H,1-3,6,9,16H2. The number of allylic oxidation sites excluding steroid dienone is 1. The lowest BCUT2D eigenvalue weighted by molar-refractivity contribution is 0.607. The number of rotatable bonds is 3. The molecule has 2 heteroatoms. The van der Waals surface area contributed by atoms with E-state index in [1.807, 2.05) is 6.07 Å². The molecule has 1 unspecified atom stereocenters. The predicted molar refractivity (Wildman–Crippen MR) is 64.5 cm³/mol. The van der Waals surface area contributed by atoms with Crippen LogP contribution >= 0.6 is 0 Å². The quantitative estimate of drug-likeness (QED) is 0.770. The summed E-state index contributed by atoms with van der Waals surface area (Å²) in [5.41, 5.74) is 8.42. The molecule has 0 saturated carbocycles. The van der Waals surface area contributed by atoms with Gasteiger partial charge in [-0.2, -0.15) is 0 Å². The number of nitrogens with two attached hydrogens (primary N) is 1. The van der Waals surface area contributed by atoms with Crippen LogP contribution in [0.25, 0.3) is 0 Å². The Morgan fingerprint density at radius 1 is 1.31 bits per heavy atom. The molecule has 2 N–H and O–H groups in total. The molecule has 16 heavy (non-hydrogen) atoms. The van der Waals surface area contributed by atoms with Gasteiger partial charge in [-0.05, 0) is 49.8 Å². The van der Waals surface area contributed by atoms with E-state index in [9.17, 15) is 4.39 Å². The Hall–Kier alpha value is -1.15. The van der Waals surface area contributed by atoms with Gasteiger partial charge in [-0.3, -0.25) is 0 Å². The normalized spacial score (nSPS) is 18.0. The molecule has 2 rings (SSSR count). The monoisotopic (exact) mass is 219 g/mol. The van der Waals surface area contributed by atoms with Gasteiger partial charge in [0.1, 0.15) is 5.82 Å². The highest BCUT2D eigenvalue weighted by Crippen LogP contribution is 2.26. The highest BCUT2D eigenvalue weighted by atomic mass is 19.1. The molecule has 1 aliphatic carbocycles. The van der Waals surface area contributed by atoms with Gasteiger partial charge in [-0.1, -0.05) is 23.8 Å². The van der Waals surface area contributed by atoms with Crippen LogP contribution in [0, 0.1) is 5.82 Å². The van der Waals surface area contributed by atoms with Crippen molar-refractivity contribution >= 4 is 0 Å². The SMILES string of the molecule is NC(CC1=CCCCC1)c1cccc(F)c1. The minimum Gasteiger partial charge on any atom is -0.324 e. The summed E-state index contributed by atoms with van der Waals surface area (Å²) in [6, 6.07) is 6.54. The van der Waals surface area contributed by atoms with E-state index in [0.29, 0.717) is 0 Å². The van der Waals surface area contributed by atoms with E-state index >= 15 is 0 Å². The Bertz CT molecular complexity index is 384. The van der Waals surface area contributed by atoms with Gasteiger partial charge < -0.3 is 5.73 Å². The fourth-order valence-corrected chi connectivity index (χ4v) is 2.23. The third kappa shape index (κ3) is 2.92. The first-order valence-corrected chi connectivity index (χ1v) is 5.94. The second kappa shape index (κ2) is 5.26. The Kier molecular flexibility index (Phi) is 3.73. The molecular weight excluding hydrogens is 201 g/mol. The number of halogens is 1. The van der Waals surface area contributed by atoms with Crippen molar-refractivity contribution in [2.24, 2.45) is 5.73 Å². The summed E-state index contributed by atoms with van der Waals surface area (Å²) in [5.74, 6) is -0.203. The average molecular weight is 219 g/mol. The lowest BCUT2D eigenvalue weighted by Gasteiger charge is -2.17. The van der Waals surface area contributed by atoms with Gasteiger partial charge in [0.05, 0.1) is 0 Å². The maximum absolute atomic E-state index is 13.0. The van der Waals surface area contributed by atoms with Crippen molar-refractivity contribution < 1.29 is 4.39 Å². The maximum Gasteiger partial charge on any atom is 0.123 e. The van der Waals surface area contributed by atoms with Crippen molar-refractivity contribution in [1.29, 1.82) is 0 Å². The van der Waals surface area contributed by atoms with E-state index in [1.54, 1.807) is 6.07 Å². The summed E-state index contributed by atoms with van der Waals surface area (Å²) < 4.78 is 13.0. The third-order valence-electron chi connectivity index (χ3n) is 3.14. The lowest BCUT2D eigenvalue weighted by atomic mass is 9.92. The van der Waals surface area contributed by atoms with Crippen molar-refractivity contribution in [3.05, 3.63) is 47.3 Å². The van der Waals surface area contributed by atoms with Crippen LogP contribution in [0.4, 0.5) is 4.39 Å². The van der Waals surface area contributed by atoms with Gasteiger partial charge in [0.25, 0.3) is 0 Å². The fourth-order valence-electron chi connectivity index (χ4n) is 2.23. The van der Waals surface area contributed by atoms with Crippen LogP contribution in [0.1, 0.15) is 43.7 Å². The fraction of sp³-hybridized carbons (Fsp3) is 0.429. The van der Waals surface area contributed by atoms with Gasteiger partial charge in [-0.15, -0.1) is 0 Å². The molecule has 1 nitrogen and oxygen atoms in total. The first-order valence-electron chi connectivity index (χ1n) is 5.94. The lowest BCUT2D eigenvalue weighted by Crippen LogP contribution is -2.12. The third-order valence-corrected chi connectivity index (χ3v) is 3.14. The van der Waals surface area contributed by atoms with E-state index in [-0.39, 0.29) is 11.9 Å². The van der Waals surface area contributed by atoms with E-state index in [0.717, 1.165) is 18.4 Å². The molecule has 86 valence electrons. The summed E-state index contributed by atoms with van der Waals surface area (Å²) >= 11 is 0. The molecule has 0 amide bonds. The highest BCUT2D eigenvalue weighted by Gasteiger charge is 2.11. The largest absolute Gasteiger partial charge is 0.324 e. The van der Waals surface area contributed by atoms with Crippen molar-refractivity contribution in [3.8, 4) is 0 Å². The summed E-state index contributed by atoms with van der Waals surface area (Å²) in [4.78, 5) is 0. The molecule has 0 bridgehead atoms. The van der Waals surface area contributed by atoms with E-state index in [2.05, 4.69) is 6.08 Å². The van der Waals surface area contributed by atoms with Gasteiger partial charge in [0.15, 0.2) is 0 Å². The Balaban J connectivity index is 2.02. The zero-order chi connectivity index (χ0) is 11.4. The van der Waals surface area contributed by atoms with Crippen molar-refractivity contribution in [2.75, 3.05) is 0 Å². The molecule has 1 aliphatic rings. The zero-order valence-electron chi connectivity index (χ0n) is 9.45. The summed E-state index contributed by atoms with van der Waals surface area (Å²) in [6.45, 7) is 0. The summed E-state index contributed by atoms with van der Waals surface area (Å²) in [6.07, 6.45) is 8.04. The van der Waals surface area contributed by atoms with Gasteiger partial charge >= 0.3 is 0 Å². The number of hydrogen-bond donors (Lipinski definition) is 1. The zero-order valence-corrected chi connectivity index (χ0v) is 9.45. The smallest absolute Gasteiger partial charge is 0.123 e. The van der Waals surface area contributed by atoms with Crippen LogP contribution in [0.3, 0.4) is 0 Å². The minimum absolute atomic E-state index is 0.0694. The number of hydrogen-bond acceptors (Lipinski definition) is 1. The molecule has 0 spiro atoms. The Morgan fingerprint density at radius 2 is 2.19 bits per heavy atom. The topological polar surface area (TPSA) is 26.0 Å². The Morgan fingerprint density at radius 3 is 2.88 bits per heavy atom. The van der Waals surface area contributed by atoms with E-state index in [1.165, 1.54) is 37.0 Å². The highest BCUT2D eigenvalue weighted by molar-refractivity contribution is 5.22. The van der Waals surface area contributed by atoms with Crippen LogP contribution in [-0.2, 0) is 0 Å². The van der Waals surface area contributed by atoms with Crippen LogP contribution < -0.4 is 5.73 Å². The van der Waals surface area contributed by atoms with Crippen LogP contribution in [0.2, 0.25) is 0 Å². The van der Waals surface area contributed by atoms with Crippen LogP contribution in [-0.4, -0.2) is 0 Å². The minimum atomic E-state index is -0.203. The van der Waals surface area contributed by atoms with Crippen molar-refractivity contribution in [3.63, 3.8) is 0 Å². The van der Waals surface area contributed by atoms with Gasteiger partial charge in [0.2, 0.25) is 0 Å². The second-order valence-electron chi connectivity index (χ2n) is 4.47. The molecule has 1 aromatic carbocycles. The molecule has 0 heterocycles. The van der Waals surface area contributed by atoms with Crippen LogP contribution in [0.15, 0.2) is 35.9 Å². The van der Waals surface area contributed by atoms with E-state index in [4.69, 9.17) is 5.73 Å². The summed E-state index contributed by atoms with van der Waals surface area (Å²) in [7, 11) is 0. The van der Waals surface area contributed by atoms with E-state index < -0.39 is 0 Å². The first kappa shape index (κ1) is 11.3. The van der Waals surface area contributed by atoms with Crippen molar-refractivity contribution in [2.45, 2.75) is 38.1 Å². The molecule has 1 atom stereocenters. The van der Waals surface area contributed by atoms with Crippen molar-refractivity contribution in [1.82, 2.24) is 0 Å². The predicted octanol–water partition coefficient (Wildman–Crippen LogP) is 3.72. The molecule has 0 radical (unpaired) electrons.